The number of hydrogen-bond acceptors (Lipinski definition) is 10. The molecular formula is C28H25N9O3. The summed E-state index contributed by atoms with van der Waals surface area (Å²) in [6.45, 7) is 3.67. The zero-order valence-corrected chi connectivity index (χ0v) is 21.9. The third-order valence-electron chi connectivity index (χ3n) is 6.97. The Balaban J connectivity index is 1.20. The smallest absolute Gasteiger partial charge is 0.231 e. The normalized spacial score (nSPS) is 14.8. The van der Waals surface area contributed by atoms with Crippen LogP contribution in [0.3, 0.4) is 0 Å². The number of carbonyl (C=O) groups excluding carboxylic acids is 1. The van der Waals surface area contributed by atoms with Crippen molar-refractivity contribution in [3.05, 3.63) is 78.4 Å². The molecule has 4 aromatic heterocycles. The lowest BCUT2D eigenvalue weighted by Gasteiger charge is -2.26. The molecule has 2 aromatic carbocycles. The Morgan fingerprint density at radius 3 is 2.77 bits per heavy atom. The molecule has 0 radical (unpaired) electrons. The number of anilines is 2. The van der Waals surface area contributed by atoms with Crippen LogP contribution in [-0.2, 0) is 11.8 Å². The van der Waals surface area contributed by atoms with Crippen molar-refractivity contribution in [2.45, 2.75) is 13.0 Å². The third kappa shape index (κ3) is 4.24. The molecule has 1 N–H and O–H groups in total. The number of nitrogens with one attached hydrogen (secondary N) is 1. The van der Waals surface area contributed by atoms with Gasteiger partial charge in [0.15, 0.2) is 17.0 Å². The summed E-state index contributed by atoms with van der Waals surface area (Å²) in [5.41, 5.74) is 5.93. The molecule has 1 amide bonds. The number of amides is 1. The van der Waals surface area contributed by atoms with Crippen molar-refractivity contribution in [1.29, 1.82) is 0 Å². The highest BCUT2D eigenvalue weighted by atomic mass is 16.4. The summed E-state index contributed by atoms with van der Waals surface area (Å²) in [6.07, 6.45) is 3.47. The second-order valence-electron chi connectivity index (χ2n) is 9.71. The van der Waals surface area contributed by atoms with Gasteiger partial charge in [-0.05, 0) is 35.0 Å². The Labute approximate surface area is 228 Å². The highest BCUT2D eigenvalue weighted by Crippen LogP contribution is 2.37. The van der Waals surface area contributed by atoms with Crippen molar-refractivity contribution in [2.75, 3.05) is 30.0 Å². The molecule has 200 valence electrons. The van der Waals surface area contributed by atoms with Crippen LogP contribution < -0.4 is 10.2 Å². The molecule has 1 saturated heterocycles. The van der Waals surface area contributed by atoms with Crippen LogP contribution >= 0.6 is 0 Å². The Morgan fingerprint density at radius 2 is 1.98 bits per heavy atom. The van der Waals surface area contributed by atoms with Crippen LogP contribution in [0.5, 0.6) is 0 Å². The van der Waals surface area contributed by atoms with Gasteiger partial charge in [-0.2, -0.15) is 4.80 Å². The van der Waals surface area contributed by atoms with Crippen molar-refractivity contribution in [2.24, 2.45) is 7.05 Å². The number of aromatic nitrogens is 6. The monoisotopic (exact) mass is 535 g/mol. The maximum atomic E-state index is 11.4. The number of nitrogens with zero attached hydrogens (tertiary/aromatic N) is 8. The summed E-state index contributed by atoms with van der Waals surface area (Å²) in [5.74, 6) is 0.931. The maximum absolute atomic E-state index is 11.4. The van der Waals surface area contributed by atoms with E-state index in [4.69, 9.17) is 8.83 Å². The first-order valence-corrected chi connectivity index (χ1v) is 12.9. The average molecular weight is 536 g/mol. The van der Waals surface area contributed by atoms with Gasteiger partial charge in [0.05, 0.1) is 19.3 Å². The topological polar surface area (TPSA) is 131 Å². The lowest BCUT2D eigenvalue weighted by Crippen LogP contribution is -2.30. The minimum absolute atomic E-state index is 0.135. The zero-order valence-electron chi connectivity index (χ0n) is 21.9. The van der Waals surface area contributed by atoms with E-state index in [1.807, 2.05) is 24.3 Å². The largest absolute Gasteiger partial charge is 0.460 e. The van der Waals surface area contributed by atoms with Gasteiger partial charge < -0.3 is 19.1 Å². The first kappa shape index (κ1) is 24.0. The zero-order chi connectivity index (χ0) is 27.2. The summed E-state index contributed by atoms with van der Waals surface area (Å²) in [5, 5.41) is 15.7. The van der Waals surface area contributed by atoms with E-state index in [1.165, 1.54) is 11.7 Å². The predicted molar refractivity (Wildman–Crippen MR) is 147 cm³/mol. The number of aryl methyl sites for hydroxylation is 1. The second-order valence-corrected chi connectivity index (χ2v) is 9.71. The lowest BCUT2D eigenvalue weighted by atomic mass is 10.1. The predicted octanol–water partition coefficient (Wildman–Crippen LogP) is 3.99. The number of carbonyl (C=O) groups is 1. The fraction of sp³-hybridized carbons (Fsp3) is 0.214. The Bertz CT molecular complexity index is 1840. The van der Waals surface area contributed by atoms with Gasteiger partial charge in [0.25, 0.3) is 0 Å². The molecule has 0 bridgehead atoms. The average Bonchev–Trinajstić information content (AvgIpc) is 3.75. The molecule has 1 aliphatic rings. The van der Waals surface area contributed by atoms with Gasteiger partial charge in [-0.3, -0.25) is 14.7 Å². The van der Waals surface area contributed by atoms with Crippen LogP contribution in [0, 0.1) is 0 Å². The number of pyridine rings is 1. The van der Waals surface area contributed by atoms with E-state index in [9.17, 15) is 4.79 Å². The second kappa shape index (κ2) is 9.58. The molecule has 1 atom stereocenters. The minimum Gasteiger partial charge on any atom is -0.460 e. The Hall–Kier alpha value is -5.10. The van der Waals surface area contributed by atoms with Gasteiger partial charge in [-0.25, -0.2) is 4.98 Å². The molecule has 5 heterocycles. The van der Waals surface area contributed by atoms with Gasteiger partial charge in [0, 0.05) is 31.9 Å². The van der Waals surface area contributed by atoms with Crippen molar-refractivity contribution in [3.63, 3.8) is 0 Å². The Kier molecular flexibility index (Phi) is 5.74. The molecule has 1 unspecified atom stereocenters. The van der Waals surface area contributed by atoms with Crippen LogP contribution in [-0.4, -0.2) is 60.7 Å². The van der Waals surface area contributed by atoms with E-state index in [1.54, 1.807) is 37.7 Å². The summed E-state index contributed by atoms with van der Waals surface area (Å²) >= 11 is 0. The van der Waals surface area contributed by atoms with E-state index in [-0.39, 0.29) is 11.9 Å². The number of oxazole rings is 1. The van der Waals surface area contributed by atoms with Gasteiger partial charge in [-0.15, -0.1) is 10.2 Å². The number of furan rings is 1. The van der Waals surface area contributed by atoms with Crippen LogP contribution in [0.25, 0.3) is 33.7 Å². The van der Waals surface area contributed by atoms with Gasteiger partial charge >= 0.3 is 0 Å². The van der Waals surface area contributed by atoms with Crippen molar-refractivity contribution >= 4 is 39.5 Å². The molecule has 0 aliphatic carbocycles. The standard InChI is InChI=1S/C28H25N9O3/c1-17(38)30-19-8-9-23-21(14-19)31-28(40-23)20-10-11-29-24-22(15-39-26(20)24)36-12-13-37(16-36)25(18-6-4-3-5-7-18)27-32-34-35(2)33-27/h3-11,14-15,25H,12-13,16H2,1-2H3,(H,30,38). The number of fused-ring (bicyclic) bond motifs is 2. The molecule has 40 heavy (non-hydrogen) atoms. The molecule has 12 heteroatoms. The lowest BCUT2D eigenvalue weighted by molar-refractivity contribution is -0.114. The SMILES string of the molecule is CC(=O)Nc1ccc2oc(-c3ccnc4c(N5CCN(C(c6ccccc6)c6nnn(C)n6)C5)coc34)nc2c1. The van der Waals surface area contributed by atoms with E-state index < -0.39 is 0 Å². The summed E-state index contributed by atoms with van der Waals surface area (Å²) in [4.78, 5) is 26.8. The number of tetrazole rings is 1. The van der Waals surface area contributed by atoms with Crippen molar-refractivity contribution < 1.29 is 13.6 Å². The molecule has 0 saturated carbocycles. The molecule has 12 nitrogen and oxygen atoms in total. The Morgan fingerprint density at radius 1 is 1.10 bits per heavy atom. The maximum Gasteiger partial charge on any atom is 0.231 e. The molecular weight excluding hydrogens is 510 g/mol. The molecule has 1 fully saturated rings. The number of benzene rings is 2. The molecule has 7 rings (SSSR count). The van der Waals surface area contributed by atoms with Gasteiger partial charge in [0.2, 0.25) is 11.8 Å². The van der Waals surface area contributed by atoms with Crippen LogP contribution in [0.15, 0.2) is 75.9 Å². The van der Waals surface area contributed by atoms with E-state index in [2.05, 4.69) is 52.6 Å². The third-order valence-corrected chi connectivity index (χ3v) is 6.97. The fourth-order valence-electron chi connectivity index (χ4n) is 5.22. The first-order valence-electron chi connectivity index (χ1n) is 12.9. The number of rotatable bonds is 6. The first-order chi connectivity index (χ1) is 19.5. The van der Waals surface area contributed by atoms with E-state index >= 15 is 0 Å². The quantitative estimate of drug-likeness (QED) is 0.334. The van der Waals surface area contributed by atoms with Gasteiger partial charge in [0.1, 0.15) is 29.0 Å². The molecule has 1 aliphatic heterocycles. The van der Waals surface area contributed by atoms with E-state index in [0.717, 1.165) is 29.9 Å². The van der Waals surface area contributed by atoms with Crippen LogP contribution in [0.1, 0.15) is 24.4 Å². The summed E-state index contributed by atoms with van der Waals surface area (Å²) < 4.78 is 12.1. The molecule has 0 spiro atoms. The number of hydrogen-bond donors (Lipinski definition) is 1. The van der Waals surface area contributed by atoms with Crippen LogP contribution in [0.2, 0.25) is 0 Å². The van der Waals surface area contributed by atoms with E-state index in [0.29, 0.717) is 46.3 Å². The van der Waals surface area contributed by atoms with Crippen LogP contribution in [0.4, 0.5) is 11.4 Å². The molecule has 6 aromatic rings. The highest BCUT2D eigenvalue weighted by Gasteiger charge is 2.33. The summed E-state index contributed by atoms with van der Waals surface area (Å²) in [7, 11) is 1.77. The summed E-state index contributed by atoms with van der Waals surface area (Å²) in [6, 6.07) is 17.3. The van der Waals surface area contributed by atoms with Crippen molar-refractivity contribution in [1.82, 2.24) is 35.1 Å². The fourth-order valence-corrected chi connectivity index (χ4v) is 5.22. The highest BCUT2D eigenvalue weighted by molar-refractivity contribution is 5.97. The van der Waals surface area contributed by atoms with Crippen molar-refractivity contribution in [3.8, 4) is 11.5 Å². The van der Waals surface area contributed by atoms with Gasteiger partial charge in [-0.1, -0.05) is 30.3 Å². The minimum atomic E-state index is -0.148.